The van der Waals surface area contributed by atoms with E-state index in [1.54, 1.807) is 13.8 Å². The minimum atomic E-state index is -0.699. The lowest BCUT2D eigenvalue weighted by Gasteiger charge is -2.03. The second-order valence-corrected chi connectivity index (χ2v) is 1.61. The van der Waals surface area contributed by atoms with Crippen LogP contribution in [-0.4, -0.2) is 19.4 Å². The number of methoxy groups -OCH3 is 1. The molecular formula is C7H10O3. The van der Waals surface area contributed by atoms with Gasteiger partial charge in [0.15, 0.2) is 6.10 Å². The lowest BCUT2D eigenvalue weighted by Crippen LogP contribution is -2.12. The van der Waals surface area contributed by atoms with Crippen LogP contribution in [0.15, 0.2) is 0 Å². The van der Waals surface area contributed by atoms with Crippen LogP contribution in [0.3, 0.4) is 0 Å². The lowest BCUT2D eigenvalue weighted by atomic mass is 10.4. The second-order valence-electron chi connectivity index (χ2n) is 1.61. The standard InChI is InChI=1S/C7H10O3/c1-4-5-6(2)10-7(8)9-3/h6H,1-3H3. The van der Waals surface area contributed by atoms with E-state index in [1.165, 1.54) is 7.11 Å². The van der Waals surface area contributed by atoms with Gasteiger partial charge in [-0.15, -0.1) is 5.92 Å². The summed E-state index contributed by atoms with van der Waals surface area (Å²) in [7, 11) is 1.26. The molecule has 3 nitrogen and oxygen atoms in total. The van der Waals surface area contributed by atoms with Gasteiger partial charge in [-0.2, -0.15) is 0 Å². The van der Waals surface area contributed by atoms with Crippen molar-refractivity contribution in [3.05, 3.63) is 0 Å². The van der Waals surface area contributed by atoms with Gasteiger partial charge in [0.05, 0.1) is 7.11 Å². The maximum Gasteiger partial charge on any atom is 0.509 e. The van der Waals surface area contributed by atoms with Gasteiger partial charge in [0.25, 0.3) is 0 Å². The average molecular weight is 142 g/mol. The molecule has 10 heavy (non-hydrogen) atoms. The Labute approximate surface area is 60.3 Å². The van der Waals surface area contributed by atoms with Crippen molar-refractivity contribution in [2.24, 2.45) is 0 Å². The van der Waals surface area contributed by atoms with Crippen LogP contribution in [0, 0.1) is 11.8 Å². The third-order valence-corrected chi connectivity index (χ3v) is 0.787. The van der Waals surface area contributed by atoms with Gasteiger partial charge in [0, 0.05) is 0 Å². The van der Waals surface area contributed by atoms with Crippen molar-refractivity contribution >= 4 is 6.16 Å². The predicted molar refractivity (Wildman–Crippen MR) is 36.4 cm³/mol. The van der Waals surface area contributed by atoms with Crippen LogP contribution in [-0.2, 0) is 9.47 Å². The maximum atomic E-state index is 10.4. The Balaban J connectivity index is 3.64. The molecule has 0 fully saturated rings. The van der Waals surface area contributed by atoms with Crippen molar-refractivity contribution < 1.29 is 14.3 Å². The van der Waals surface area contributed by atoms with Crippen LogP contribution in [0.5, 0.6) is 0 Å². The van der Waals surface area contributed by atoms with E-state index in [0.29, 0.717) is 0 Å². The minimum absolute atomic E-state index is 0.391. The SMILES string of the molecule is CC#CC(C)OC(=O)OC. The van der Waals surface area contributed by atoms with Crippen LogP contribution >= 0.6 is 0 Å². The molecule has 0 aromatic carbocycles. The normalized spacial score (nSPS) is 10.7. The first-order valence-corrected chi connectivity index (χ1v) is 2.87. The lowest BCUT2D eigenvalue weighted by molar-refractivity contribution is 0.0604. The summed E-state index contributed by atoms with van der Waals surface area (Å²) < 4.78 is 8.84. The number of carbonyl (C=O) groups is 1. The summed E-state index contributed by atoms with van der Waals surface area (Å²) in [6.45, 7) is 3.35. The fourth-order valence-corrected chi connectivity index (χ4v) is 0.425. The Morgan fingerprint density at radius 1 is 1.60 bits per heavy atom. The molecule has 0 spiro atoms. The van der Waals surface area contributed by atoms with Crippen molar-refractivity contribution in [2.75, 3.05) is 7.11 Å². The highest BCUT2D eigenvalue weighted by Gasteiger charge is 2.04. The van der Waals surface area contributed by atoms with E-state index in [-0.39, 0.29) is 0 Å². The number of carbonyl (C=O) groups excluding carboxylic acids is 1. The van der Waals surface area contributed by atoms with Gasteiger partial charge in [0.2, 0.25) is 0 Å². The van der Waals surface area contributed by atoms with Gasteiger partial charge in [-0.05, 0) is 13.8 Å². The van der Waals surface area contributed by atoms with E-state index in [0.717, 1.165) is 0 Å². The number of hydrogen-bond acceptors (Lipinski definition) is 3. The fraction of sp³-hybridized carbons (Fsp3) is 0.571. The molecule has 56 valence electrons. The number of ether oxygens (including phenoxy) is 2. The quantitative estimate of drug-likeness (QED) is 0.407. The summed E-state index contributed by atoms with van der Waals surface area (Å²) >= 11 is 0. The highest BCUT2D eigenvalue weighted by Crippen LogP contribution is 1.90. The molecule has 0 aliphatic heterocycles. The zero-order valence-corrected chi connectivity index (χ0v) is 6.30. The summed E-state index contributed by atoms with van der Waals surface area (Å²) in [4.78, 5) is 10.4. The first-order chi connectivity index (χ1) is 4.70. The molecule has 0 rings (SSSR count). The highest BCUT2D eigenvalue weighted by molar-refractivity contribution is 5.60. The summed E-state index contributed by atoms with van der Waals surface area (Å²) in [5.41, 5.74) is 0. The molecule has 0 heterocycles. The second kappa shape index (κ2) is 4.68. The van der Waals surface area contributed by atoms with Gasteiger partial charge in [0.1, 0.15) is 0 Å². The molecule has 0 aromatic rings. The molecule has 0 bridgehead atoms. The van der Waals surface area contributed by atoms with E-state index in [1.807, 2.05) is 0 Å². The van der Waals surface area contributed by atoms with E-state index in [4.69, 9.17) is 0 Å². The molecule has 0 amide bonds. The Bertz CT molecular complexity index is 163. The third-order valence-electron chi connectivity index (χ3n) is 0.787. The van der Waals surface area contributed by atoms with Crippen molar-refractivity contribution in [2.45, 2.75) is 20.0 Å². The van der Waals surface area contributed by atoms with Crippen molar-refractivity contribution in [1.29, 1.82) is 0 Å². The van der Waals surface area contributed by atoms with Gasteiger partial charge < -0.3 is 9.47 Å². The highest BCUT2D eigenvalue weighted by atomic mass is 16.7. The fourth-order valence-electron chi connectivity index (χ4n) is 0.425. The summed E-state index contributed by atoms with van der Waals surface area (Å²) in [5, 5.41) is 0. The van der Waals surface area contributed by atoms with E-state index >= 15 is 0 Å². The molecule has 1 unspecified atom stereocenters. The van der Waals surface area contributed by atoms with E-state index < -0.39 is 12.3 Å². The average Bonchev–Trinajstić information content (AvgIpc) is 1.88. The summed E-state index contributed by atoms with van der Waals surface area (Å²) in [5.74, 6) is 5.25. The monoisotopic (exact) mass is 142 g/mol. The molecule has 0 aliphatic rings. The molecule has 0 aromatic heterocycles. The zero-order chi connectivity index (χ0) is 7.98. The Hall–Kier alpha value is -1.17. The van der Waals surface area contributed by atoms with Crippen LogP contribution < -0.4 is 0 Å². The van der Waals surface area contributed by atoms with Crippen LogP contribution in [0.4, 0.5) is 4.79 Å². The maximum absolute atomic E-state index is 10.4. The molecule has 3 heteroatoms. The predicted octanol–water partition coefficient (Wildman–Crippen LogP) is 1.18. The minimum Gasteiger partial charge on any atom is -0.438 e. The molecule has 0 radical (unpaired) electrons. The van der Waals surface area contributed by atoms with Gasteiger partial charge in [-0.3, -0.25) is 0 Å². The Morgan fingerprint density at radius 2 is 2.20 bits per heavy atom. The molecular weight excluding hydrogens is 132 g/mol. The van der Waals surface area contributed by atoms with Crippen molar-refractivity contribution in [3.8, 4) is 11.8 Å². The molecule has 0 aliphatic carbocycles. The van der Waals surface area contributed by atoms with Crippen LogP contribution in [0.25, 0.3) is 0 Å². The topological polar surface area (TPSA) is 35.5 Å². The van der Waals surface area contributed by atoms with Gasteiger partial charge in [-0.25, -0.2) is 4.79 Å². The first kappa shape index (κ1) is 8.83. The number of hydrogen-bond donors (Lipinski definition) is 0. The van der Waals surface area contributed by atoms with Crippen molar-refractivity contribution in [3.63, 3.8) is 0 Å². The number of rotatable bonds is 1. The molecule has 1 atom stereocenters. The smallest absolute Gasteiger partial charge is 0.438 e. The van der Waals surface area contributed by atoms with Crippen molar-refractivity contribution in [1.82, 2.24) is 0 Å². The first-order valence-electron chi connectivity index (χ1n) is 2.87. The van der Waals surface area contributed by atoms with E-state index in [2.05, 4.69) is 21.3 Å². The van der Waals surface area contributed by atoms with Gasteiger partial charge in [-0.1, -0.05) is 5.92 Å². The van der Waals surface area contributed by atoms with E-state index in [9.17, 15) is 4.79 Å². The van der Waals surface area contributed by atoms with Gasteiger partial charge >= 0.3 is 6.16 Å². The molecule has 0 saturated heterocycles. The largest absolute Gasteiger partial charge is 0.509 e. The molecule has 0 saturated carbocycles. The third kappa shape index (κ3) is 3.79. The zero-order valence-electron chi connectivity index (χ0n) is 6.30. The van der Waals surface area contributed by atoms with Crippen LogP contribution in [0.2, 0.25) is 0 Å². The Morgan fingerprint density at radius 3 is 2.60 bits per heavy atom. The summed E-state index contributed by atoms with van der Waals surface area (Å²) in [6.07, 6.45) is -1.09. The summed E-state index contributed by atoms with van der Waals surface area (Å²) in [6, 6.07) is 0. The molecule has 0 N–H and O–H groups in total. The van der Waals surface area contributed by atoms with Crippen LogP contribution in [0.1, 0.15) is 13.8 Å². The Kier molecular flexibility index (Phi) is 4.14.